The Hall–Kier alpha value is -2.85. The predicted octanol–water partition coefficient (Wildman–Crippen LogP) is 4.93. The largest absolute Gasteiger partial charge is 0.489 e. The van der Waals surface area contributed by atoms with Crippen LogP contribution >= 0.6 is 0 Å². The van der Waals surface area contributed by atoms with E-state index in [1.54, 1.807) is 0 Å². The molecule has 0 spiro atoms. The maximum Gasteiger partial charge on any atom is 0.320 e. The first-order chi connectivity index (χ1) is 13.5. The van der Waals surface area contributed by atoms with Gasteiger partial charge in [-0.3, -0.25) is 10.1 Å². The molecule has 3 rings (SSSR count). The van der Waals surface area contributed by atoms with Gasteiger partial charge in [0.15, 0.2) is 0 Å². The smallest absolute Gasteiger partial charge is 0.320 e. The number of carbonyl (C=O) groups is 1. The highest BCUT2D eigenvalue weighted by Crippen LogP contribution is 2.29. The summed E-state index contributed by atoms with van der Waals surface area (Å²) in [5, 5.41) is 14.9. The molecule has 1 unspecified atom stereocenters. The van der Waals surface area contributed by atoms with Crippen LogP contribution in [0.15, 0.2) is 60.7 Å². The minimum absolute atomic E-state index is 0.0101. The Kier molecular flexibility index (Phi) is 6.32. The molecule has 4 nitrogen and oxygen atoms in total. The van der Waals surface area contributed by atoms with Gasteiger partial charge in [0, 0.05) is 12.1 Å². The number of ether oxygens (including phenoxy) is 1. The van der Waals surface area contributed by atoms with Gasteiger partial charge in [0.25, 0.3) is 0 Å². The van der Waals surface area contributed by atoms with Gasteiger partial charge in [-0.05, 0) is 35.2 Å². The van der Waals surface area contributed by atoms with Crippen molar-refractivity contribution >= 4 is 16.7 Å². The third-order valence-electron chi connectivity index (χ3n) is 4.91. The van der Waals surface area contributed by atoms with E-state index >= 15 is 0 Å². The summed E-state index contributed by atoms with van der Waals surface area (Å²) in [4.78, 5) is 11.6. The highest BCUT2D eigenvalue weighted by molar-refractivity contribution is 5.87. The van der Waals surface area contributed by atoms with Crippen molar-refractivity contribution in [1.29, 1.82) is 0 Å². The summed E-state index contributed by atoms with van der Waals surface area (Å²) in [6.45, 7) is 6.78. The molecule has 0 aliphatic heterocycles. The SMILES string of the molecule is Cc1cccc(COc2ccc3ccccc3c2CNC(C(=O)O)C(C)C)c1. The first kappa shape index (κ1) is 19.9. The lowest BCUT2D eigenvalue weighted by atomic mass is 10.0. The first-order valence-corrected chi connectivity index (χ1v) is 9.61. The van der Waals surface area contributed by atoms with E-state index in [1.165, 1.54) is 5.56 Å². The van der Waals surface area contributed by atoms with E-state index in [0.29, 0.717) is 13.2 Å². The fraction of sp³-hybridized carbons (Fsp3) is 0.292. The van der Waals surface area contributed by atoms with Crippen molar-refractivity contribution in [1.82, 2.24) is 5.32 Å². The van der Waals surface area contributed by atoms with Crippen molar-refractivity contribution in [2.45, 2.75) is 40.0 Å². The third kappa shape index (κ3) is 4.70. The van der Waals surface area contributed by atoms with E-state index in [4.69, 9.17) is 4.74 Å². The molecule has 0 radical (unpaired) electrons. The molecule has 2 N–H and O–H groups in total. The van der Waals surface area contributed by atoms with Crippen LogP contribution in [0.1, 0.15) is 30.5 Å². The molecule has 0 amide bonds. The van der Waals surface area contributed by atoms with Gasteiger partial charge in [-0.25, -0.2) is 0 Å². The second-order valence-electron chi connectivity index (χ2n) is 7.48. The summed E-state index contributed by atoms with van der Waals surface area (Å²) in [7, 11) is 0. The summed E-state index contributed by atoms with van der Waals surface area (Å²) in [6, 6.07) is 19.8. The molecular formula is C24H27NO3. The van der Waals surface area contributed by atoms with Crippen LogP contribution in [0, 0.1) is 12.8 Å². The van der Waals surface area contributed by atoms with Crippen LogP contribution in [-0.2, 0) is 17.9 Å². The van der Waals surface area contributed by atoms with Gasteiger partial charge < -0.3 is 9.84 Å². The lowest BCUT2D eigenvalue weighted by Crippen LogP contribution is -2.40. The number of benzene rings is 3. The lowest BCUT2D eigenvalue weighted by molar-refractivity contribution is -0.140. The van der Waals surface area contributed by atoms with Gasteiger partial charge in [-0.2, -0.15) is 0 Å². The Bertz CT molecular complexity index is 965. The van der Waals surface area contributed by atoms with Crippen molar-refractivity contribution in [3.8, 4) is 5.75 Å². The number of rotatable bonds is 8. The zero-order chi connectivity index (χ0) is 20.1. The van der Waals surface area contributed by atoms with E-state index in [0.717, 1.165) is 27.6 Å². The van der Waals surface area contributed by atoms with Crippen LogP contribution < -0.4 is 10.1 Å². The predicted molar refractivity (Wildman–Crippen MR) is 113 cm³/mol. The van der Waals surface area contributed by atoms with Crippen molar-refractivity contribution in [3.05, 3.63) is 77.4 Å². The van der Waals surface area contributed by atoms with Gasteiger partial charge in [0.1, 0.15) is 18.4 Å². The number of nitrogens with one attached hydrogen (secondary N) is 1. The monoisotopic (exact) mass is 377 g/mol. The molecular weight excluding hydrogens is 350 g/mol. The van der Waals surface area contributed by atoms with Crippen LogP contribution in [-0.4, -0.2) is 17.1 Å². The Morgan fingerprint density at radius 1 is 1.07 bits per heavy atom. The van der Waals surface area contributed by atoms with Gasteiger partial charge in [-0.1, -0.05) is 74.0 Å². The number of hydrogen-bond donors (Lipinski definition) is 2. The fourth-order valence-electron chi connectivity index (χ4n) is 3.42. The Morgan fingerprint density at radius 3 is 2.57 bits per heavy atom. The number of aliphatic carboxylic acids is 1. The molecule has 0 aromatic heterocycles. The summed E-state index contributed by atoms with van der Waals surface area (Å²) in [5.41, 5.74) is 3.29. The van der Waals surface area contributed by atoms with Crippen LogP contribution in [0.25, 0.3) is 10.8 Å². The summed E-state index contributed by atoms with van der Waals surface area (Å²) in [5.74, 6) is -0.0674. The molecule has 1 atom stereocenters. The van der Waals surface area contributed by atoms with Crippen molar-refractivity contribution in [2.75, 3.05) is 0 Å². The number of hydrogen-bond acceptors (Lipinski definition) is 3. The fourth-order valence-corrected chi connectivity index (χ4v) is 3.42. The van der Waals surface area contributed by atoms with E-state index in [1.807, 2.05) is 50.2 Å². The van der Waals surface area contributed by atoms with E-state index < -0.39 is 12.0 Å². The van der Waals surface area contributed by atoms with E-state index in [-0.39, 0.29) is 5.92 Å². The quantitative estimate of drug-likeness (QED) is 0.585. The summed E-state index contributed by atoms with van der Waals surface area (Å²) < 4.78 is 6.15. The van der Waals surface area contributed by atoms with Gasteiger partial charge in [0.2, 0.25) is 0 Å². The first-order valence-electron chi connectivity index (χ1n) is 9.61. The number of fused-ring (bicyclic) bond motifs is 1. The average molecular weight is 377 g/mol. The molecule has 0 bridgehead atoms. The average Bonchev–Trinajstić information content (AvgIpc) is 2.66. The molecule has 28 heavy (non-hydrogen) atoms. The molecule has 0 saturated heterocycles. The zero-order valence-corrected chi connectivity index (χ0v) is 16.6. The maximum absolute atomic E-state index is 11.6. The second-order valence-corrected chi connectivity index (χ2v) is 7.48. The van der Waals surface area contributed by atoms with Crippen molar-refractivity contribution in [2.24, 2.45) is 5.92 Å². The summed E-state index contributed by atoms with van der Waals surface area (Å²) in [6.07, 6.45) is 0. The van der Waals surface area contributed by atoms with Gasteiger partial charge >= 0.3 is 5.97 Å². The maximum atomic E-state index is 11.6. The van der Waals surface area contributed by atoms with E-state index in [9.17, 15) is 9.90 Å². The molecule has 3 aromatic rings. The number of carboxylic acids is 1. The van der Waals surface area contributed by atoms with Crippen molar-refractivity contribution in [3.63, 3.8) is 0 Å². The lowest BCUT2D eigenvalue weighted by Gasteiger charge is -2.20. The molecule has 3 aromatic carbocycles. The number of carboxylic acid groups (broad SMARTS) is 1. The minimum atomic E-state index is -0.836. The normalized spacial score (nSPS) is 12.3. The summed E-state index contributed by atoms with van der Waals surface area (Å²) >= 11 is 0. The Labute approximate surface area is 166 Å². The molecule has 4 heteroatoms. The second kappa shape index (κ2) is 8.89. The number of aryl methyl sites for hydroxylation is 1. The molecule has 0 aliphatic rings. The molecule has 0 fully saturated rings. The molecule has 0 saturated carbocycles. The minimum Gasteiger partial charge on any atom is -0.489 e. The van der Waals surface area contributed by atoms with Crippen LogP contribution in [0.4, 0.5) is 0 Å². The highest BCUT2D eigenvalue weighted by Gasteiger charge is 2.21. The standard InChI is InChI=1S/C24H27NO3/c1-16(2)23(24(26)27)25-14-21-20-10-5-4-9-19(20)11-12-22(21)28-15-18-8-6-7-17(3)13-18/h4-13,16,23,25H,14-15H2,1-3H3,(H,26,27). The Balaban J connectivity index is 1.89. The topological polar surface area (TPSA) is 58.6 Å². The Morgan fingerprint density at radius 2 is 1.86 bits per heavy atom. The van der Waals surface area contributed by atoms with Crippen LogP contribution in [0.5, 0.6) is 5.75 Å². The van der Waals surface area contributed by atoms with Gasteiger partial charge in [-0.15, -0.1) is 0 Å². The highest BCUT2D eigenvalue weighted by atomic mass is 16.5. The van der Waals surface area contributed by atoms with E-state index in [2.05, 4.69) is 36.5 Å². The third-order valence-corrected chi connectivity index (χ3v) is 4.91. The van der Waals surface area contributed by atoms with Crippen LogP contribution in [0.3, 0.4) is 0 Å². The molecule has 0 aliphatic carbocycles. The van der Waals surface area contributed by atoms with Gasteiger partial charge in [0.05, 0.1) is 0 Å². The van der Waals surface area contributed by atoms with Crippen LogP contribution in [0.2, 0.25) is 0 Å². The zero-order valence-electron chi connectivity index (χ0n) is 16.6. The van der Waals surface area contributed by atoms with Crippen molar-refractivity contribution < 1.29 is 14.6 Å². The molecule has 0 heterocycles. The molecule has 146 valence electrons.